The van der Waals surface area contributed by atoms with Crippen LogP contribution in [-0.4, -0.2) is 38.9 Å². The van der Waals surface area contributed by atoms with E-state index in [0.29, 0.717) is 24.4 Å². The van der Waals surface area contributed by atoms with E-state index in [2.05, 4.69) is 10.3 Å². The first-order valence-electron chi connectivity index (χ1n) is 8.23. The molecule has 1 fully saturated rings. The molecule has 1 aromatic carbocycles. The number of nitrogens with zero attached hydrogens (tertiary/aromatic N) is 4. The smallest absolute Gasteiger partial charge is 0.342 e. The van der Waals surface area contributed by atoms with E-state index in [1.807, 2.05) is 11.8 Å². The second kappa shape index (κ2) is 6.85. The highest BCUT2D eigenvalue weighted by Crippen LogP contribution is 2.29. The van der Waals surface area contributed by atoms with E-state index in [1.54, 1.807) is 6.20 Å². The lowest BCUT2D eigenvalue weighted by Crippen LogP contribution is -2.50. The minimum Gasteiger partial charge on any atom is -0.342 e. The first-order valence-corrected chi connectivity index (χ1v) is 8.23. The van der Waals surface area contributed by atoms with Crippen molar-refractivity contribution in [2.45, 2.75) is 32.4 Å². The molecule has 0 unspecified atom stereocenters. The summed E-state index contributed by atoms with van der Waals surface area (Å²) in [6.45, 7) is 3.44. The maximum absolute atomic E-state index is 12.6. The fraction of sp³-hybridized carbons (Fsp3) is 0.471. The monoisotopic (exact) mass is 352 g/mol. The molecule has 25 heavy (non-hydrogen) atoms. The third-order valence-corrected chi connectivity index (χ3v) is 4.27. The first-order chi connectivity index (χ1) is 11.9. The van der Waals surface area contributed by atoms with Crippen LogP contribution in [0.2, 0.25) is 0 Å². The molecule has 1 amide bonds. The van der Waals surface area contributed by atoms with Crippen molar-refractivity contribution in [3.8, 4) is 5.69 Å². The van der Waals surface area contributed by atoms with Gasteiger partial charge in [0.2, 0.25) is 5.91 Å². The molecular weight excluding hydrogens is 333 g/mol. The molecule has 1 aliphatic rings. The SMILES string of the molecule is CCCC(=O)N1CC(Cc2cn(-c3ccc(C(F)(F)F)cc3)nn2)C1. The Morgan fingerprint density at radius 3 is 2.52 bits per heavy atom. The minimum absolute atomic E-state index is 0.187. The predicted molar refractivity (Wildman–Crippen MR) is 85.0 cm³/mol. The van der Waals surface area contributed by atoms with Crippen molar-refractivity contribution in [2.75, 3.05) is 13.1 Å². The van der Waals surface area contributed by atoms with Crippen LogP contribution in [0.25, 0.3) is 5.69 Å². The van der Waals surface area contributed by atoms with E-state index in [4.69, 9.17) is 0 Å². The fourth-order valence-electron chi connectivity index (χ4n) is 2.89. The number of halogens is 3. The van der Waals surface area contributed by atoms with E-state index < -0.39 is 11.7 Å². The molecule has 1 aliphatic heterocycles. The average molecular weight is 352 g/mol. The number of hydrogen-bond donors (Lipinski definition) is 0. The Morgan fingerprint density at radius 1 is 1.24 bits per heavy atom. The molecule has 0 atom stereocenters. The van der Waals surface area contributed by atoms with E-state index in [1.165, 1.54) is 16.8 Å². The minimum atomic E-state index is -4.35. The van der Waals surface area contributed by atoms with Gasteiger partial charge in [0, 0.05) is 19.5 Å². The molecule has 5 nitrogen and oxygen atoms in total. The van der Waals surface area contributed by atoms with Crippen molar-refractivity contribution in [1.29, 1.82) is 0 Å². The number of carbonyl (C=O) groups excluding carboxylic acids is 1. The van der Waals surface area contributed by atoms with Crippen LogP contribution in [0.5, 0.6) is 0 Å². The quantitative estimate of drug-likeness (QED) is 0.831. The number of likely N-dealkylation sites (tertiary alicyclic amines) is 1. The van der Waals surface area contributed by atoms with Crippen molar-refractivity contribution >= 4 is 5.91 Å². The van der Waals surface area contributed by atoms with Crippen LogP contribution in [0.4, 0.5) is 13.2 Å². The molecular formula is C17H19F3N4O. The number of aromatic nitrogens is 3. The summed E-state index contributed by atoms with van der Waals surface area (Å²) >= 11 is 0. The molecule has 0 radical (unpaired) electrons. The predicted octanol–water partition coefficient (Wildman–Crippen LogP) is 3.09. The van der Waals surface area contributed by atoms with Crippen molar-refractivity contribution in [3.63, 3.8) is 0 Å². The summed E-state index contributed by atoms with van der Waals surface area (Å²) in [6.07, 6.45) is -0.495. The Bertz CT molecular complexity index is 733. The number of alkyl halides is 3. The largest absolute Gasteiger partial charge is 0.416 e. The number of carbonyl (C=O) groups is 1. The zero-order valence-electron chi connectivity index (χ0n) is 13.8. The molecule has 2 heterocycles. The molecule has 134 valence electrons. The van der Waals surface area contributed by atoms with Crippen molar-refractivity contribution in [2.24, 2.45) is 5.92 Å². The Balaban J connectivity index is 1.57. The van der Waals surface area contributed by atoms with Crippen LogP contribution in [0.3, 0.4) is 0 Å². The highest BCUT2D eigenvalue weighted by atomic mass is 19.4. The van der Waals surface area contributed by atoms with Crippen LogP contribution in [0.1, 0.15) is 31.0 Å². The molecule has 3 rings (SSSR count). The number of benzene rings is 1. The van der Waals surface area contributed by atoms with Crippen LogP contribution < -0.4 is 0 Å². The Kier molecular flexibility index (Phi) is 4.78. The standard InChI is InChI=1S/C17H19F3N4O/c1-2-3-16(25)23-9-12(10-23)8-14-11-24(22-21-14)15-6-4-13(5-7-15)17(18,19)20/h4-7,11-12H,2-3,8-10H2,1H3. The van der Waals surface area contributed by atoms with Gasteiger partial charge in [-0.2, -0.15) is 13.2 Å². The van der Waals surface area contributed by atoms with Crippen LogP contribution in [-0.2, 0) is 17.4 Å². The average Bonchev–Trinajstić information content (AvgIpc) is 2.98. The maximum Gasteiger partial charge on any atom is 0.416 e. The van der Waals surface area contributed by atoms with Crippen LogP contribution >= 0.6 is 0 Å². The normalized spacial score (nSPS) is 15.3. The molecule has 0 N–H and O–H groups in total. The van der Waals surface area contributed by atoms with Gasteiger partial charge in [-0.1, -0.05) is 12.1 Å². The van der Waals surface area contributed by atoms with Gasteiger partial charge in [0.05, 0.1) is 23.1 Å². The second-order valence-electron chi connectivity index (χ2n) is 6.32. The number of hydrogen-bond acceptors (Lipinski definition) is 3. The number of rotatable bonds is 5. The summed E-state index contributed by atoms with van der Waals surface area (Å²) in [6, 6.07) is 4.80. The van der Waals surface area contributed by atoms with Gasteiger partial charge in [0.1, 0.15) is 0 Å². The molecule has 0 bridgehead atoms. The summed E-state index contributed by atoms with van der Waals surface area (Å²) in [5.41, 5.74) is 0.607. The van der Waals surface area contributed by atoms with Crippen molar-refractivity contribution in [1.82, 2.24) is 19.9 Å². The molecule has 0 aliphatic carbocycles. The molecule has 2 aromatic rings. The maximum atomic E-state index is 12.6. The summed E-state index contributed by atoms with van der Waals surface area (Å²) in [5, 5.41) is 8.06. The highest BCUT2D eigenvalue weighted by molar-refractivity contribution is 5.76. The van der Waals surface area contributed by atoms with Gasteiger partial charge in [-0.25, -0.2) is 4.68 Å². The van der Waals surface area contributed by atoms with E-state index >= 15 is 0 Å². The Hall–Kier alpha value is -2.38. The summed E-state index contributed by atoms with van der Waals surface area (Å²) in [7, 11) is 0. The highest BCUT2D eigenvalue weighted by Gasteiger charge is 2.31. The van der Waals surface area contributed by atoms with E-state index in [-0.39, 0.29) is 5.91 Å². The summed E-state index contributed by atoms with van der Waals surface area (Å²) < 4.78 is 39.2. The fourth-order valence-corrected chi connectivity index (χ4v) is 2.89. The topological polar surface area (TPSA) is 51.0 Å². The molecule has 1 aromatic heterocycles. The third-order valence-electron chi connectivity index (χ3n) is 4.27. The van der Waals surface area contributed by atoms with Crippen LogP contribution in [0, 0.1) is 5.92 Å². The van der Waals surface area contributed by atoms with Gasteiger partial charge in [-0.05, 0) is 43.0 Å². The third kappa shape index (κ3) is 4.00. The van der Waals surface area contributed by atoms with E-state index in [0.717, 1.165) is 37.3 Å². The molecule has 0 spiro atoms. The zero-order valence-corrected chi connectivity index (χ0v) is 13.8. The lowest BCUT2D eigenvalue weighted by atomic mass is 9.94. The molecule has 1 saturated heterocycles. The van der Waals surface area contributed by atoms with Gasteiger partial charge in [0.15, 0.2) is 0 Å². The Labute approximate surface area is 143 Å². The van der Waals surface area contributed by atoms with Crippen molar-refractivity contribution in [3.05, 3.63) is 41.7 Å². The van der Waals surface area contributed by atoms with Gasteiger partial charge in [0.25, 0.3) is 0 Å². The number of amides is 1. The van der Waals surface area contributed by atoms with Gasteiger partial charge in [-0.15, -0.1) is 5.10 Å². The molecule has 0 saturated carbocycles. The summed E-state index contributed by atoms with van der Waals surface area (Å²) in [4.78, 5) is 13.6. The van der Waals surface area contributed by atoms with Crippen molar-refractivity contribution < 1.29 is 18.0 Å². The lowest BCUT2D eigenvalue weighted by Gasteiger charge is -2.39. The first kappa shape index (κ1) is 17.4. The Morgan fingerprint density at radius 2 is 1.92 bits per heavy atom. The second-order valence-corrected chi connectivity index (χ2v) is 6.32. The summed E-state index contributed by atoms with van der Waals surface area (Å²) in [5.74, 6) is 0.547. The lowest BCUT2D eigenvalue weighted by molar-refractivity contribution is -0.138. The van der Waals surface area contributed by atoms with Gasteiger partial charge >= 0.3 is 6.18 Å². The molecule has 8 heteroatoms. The van der Waals surface area contributed by atoms with Crippen LogP contribution in [0.15, 0.2) is 30.5 Å². The van der Waals surface area contributed by atoms with Gasteiger partial charge in [-0.3, -0.25) is 4.79 Å². The zero-order chi connectivity index (χ0) is 18.0. The van der Waals surface area contributed by atoms with E-state index in [9.17, 15) is 18.0 Å². The van der Waals surface area contributed by atoms with Gasteiger partial charge < -0.3 is 4.90 Å².